The lowest BCUT2D eigenvalue weighted by molar-refractivity contribution is 0.0620. The van der Waals surface area contributed by atoms with E-state index in [2.05, 4.69) is 82.1 Å². The molecule has 0 unspecified atom stereocenters. The van der Waals surface area contributed by atoms with Crippen molar-refractivity contribution in [2.45, 2.75) is 38.4 Å². The summed E-state index contributed by atoms with van der Waals surface area (Å²) in [5.41, 5.74) is 4.97. The molecule has 0 aliphatic carbocycles. The molecule has 0 bridgehead atoms. The molecule has 0 spiro atoms. The summed E-state index contributed by atoms with van der Waals surface area (Å²) in [5, 5.41) is 0. The van der Waals surface area contributed by atoms with Crippen molar-refractivity contribution < 1.29 is 9.47 Å². The van der Waals surface area contributed by atoms with Gasteiger partial charge in [0, 0.05) is 19.5 Å². The molecule has 1 aliphatic heterocycles. The van der Waals surface area contributed by atoms with Crippen LogP contribution < -0.4 is 4.90 Å². The summed E-state index contributed by atoms with van der Waals surface area (Å²) in [6.45, 7) is 6.00. The number of anilines is 1. The lowest BCUT2D eigenvalue weighted by atomic mass is 10.1. The molecular weight excluding hydrogens is 474 g/mol. The predicted octanol–water partition coefficient (Wildman–Crippen LogP) is 6.05. The Hall–Kier alpha value is -4.49. The maximum absolute atomic E-state index is 6.14. The van der Waals surface area contributed by atoms with Crippen molar-refractivity contribution >= 4 is 17.0 Å². The monoisotopic (exact) mass is 503 g/mol. The molecule has 1 fully saturated rings. The Labute approximate surface area is 222 Å². The zero-order valence-corrected chi connectivity index (χ0v) is 21.1. The van der Waals surface area contributed by atoms with E-state index in [1.807, 2.05) is 34.9 Å². The van der Waals surface area contributed by atoms with Crippen LogP contribution in [0.15, 0.2) is 116 Å². The summed E-state index contributed by atoms with van der Waals surface area (Å²) in [5.74, 6) is 1.41. The highest BCUT2D eigenvalue weighted by Gasteiger charge is 2.33. The second kappa shape index (κ2) is 10.9. The topological polar surface area (TPSA) is 65.3 Å². The molecule has 190 valence electrons. The molecule has 0 N–H and O–H groups in total. The van der Waals surface area contributed by atoms with Gasteiger partial charge in [0.2, 0.25) is 0 Å². The van der Waals surface area contributed by atoms with Crippen molar-refractivity contribution in [1.82, 2.24) is 19.5 Å². The molecule has 6 rings (SSSR count). The smallest absolute Gasteiger partial charge is 0.181 e. The summed E-state index contributed by atoms with van der Waals surface area (Å²) in [7, 11) is 0. The number of ether oxygens (including phenoxy) is 2. The van der Waals surface area contributed by atoms with Crippen LogP contribution in [0.25, 0.3) is 11.2 Å². The van der Waals surface area contributed by atoms with Crippen LogP contribution in [0.3, 0.4) is 0 Å². The lowest BCUT2D eigenvalue weighted by Crippen LogP contribution is -2.23. The largest absolute Gasteiger partial charge is 0.472 e. The molecule has 7 heteroatoms. The van der Waals surface area contributed by atoms with E-state index in [9.17, 15) is 0 Å². The second-order valence-electron chi connectivity index (χ2n) is 9.41. The second-order valence-corrected chi connectivity index (χ2v) is 9.41. The van der Waals surface area contributed by atoms with Gasteiger partial charge in [-0.1, -0.05) is 97.6 Å². The molecule has 0 amide bonds. The van der Waals surface area contributed by atoms with Gasteiger partial charge in [-0.15, -0.1) is 0 Å². The van der Waals surface area contributed by atoms with Gasteiger partial charge in [0.15, 0.2) is 23.2 Å². The molecule has 3 aromatic carbocycles. The van der Waals surface area contributed by atoms with Crippen molar-refractivity contribution in [3.8, 4) is 0 Å². The summed E-state index contributed by atoms with van der Waals surface area (Å²) in [6, 6.07) is 30.9. The van der Waals surface area contributed by atoms with E-state index in [0.29, 0.717) is 31.9 Å². The standard InChI is InChI=1S/C31H29N5O2/c1-23-27(37-20-26-15-9-4-10-16-26)17-28(38-23)36-22-34-29-30(32-21-33-31(29)36)35(18-24-11-5-2-6-12-24)19-25-13-7-3-8-14-25/h2-16,21-22,27-28H,1,17-20H2/t27-,28+/m0/s1. The highest BCUT2D eigenvalue weighted by Crippen LogP contribution is 2.35. The first-order valence-corrected chi connectivity index (χ1v) is 12.8. The molecule has 0 radical (unpaired) electrons. The van der Waals surface area contributed by atoms with E-state index in [0.717, 1.165) is 22.5 Å². The Bertz CT molecular complexity index is 1460. The minimum atomic E-state index is -0.298. The summed E-state index contributed by atoms with van der Waals surface area (Å²) >= 11 is 0. The van der Waals surface area contributed by atoms with Crippen molar-refractivity contribution in [1.29, 1.82) is 0 Å². The minimum Gasteiger partial charge on any atom is -0.472 e. The quantitative estimate of drug-likeness (QED) is 0.244. The summed E-state index contributed by atoms with van der Waals surface area (Å²) in [6.07, 6.45) is 3.52. The van der Waals surface area contributed by atoms with Crippen molar-refractivity contribution in [3.05, 3.63) is 133 Å². The Morgan fingerprint density at radius 1 is 0.816 bits per heavy atom. The lowest BCUT2D eigenvalue weighted by Gasteiger charge is -2.24. The number of imidazole rings is 1. The van der Waals surface area contributed by atoms with Gasteiger partial charge in [-0.25, -0.2) is 15.0 Å². The summed E-state index contributed by atoms with van der Waals surface area (Å²) < 4.78 is 14.2. The van der Waals surface area contributed by atoms with E-state index in [-0.39, 0.29) is 12.3 Å². The number of aromatic nitrogens is 4. The fourth-order valence-corrected chi connectivity index (χ4v) is 4.81. The first-order valence-electron chi connectivity index (χ1n) is 12.8. The van der Waals surface area contributed by atoms with Gasteiger partial charge in [-0.3, -0.25) is 4.57 Å². The van der Waals surface area contributed by atoms with E-state index < -0.39 is 0 Å². The maximum atomic E-state index is 6.14. The molecule has 1 saturated heterocycles. The molecule has 2 aromatic heterocycles. The van der Waals surface area contributed by atoms with Gasteiger partial charge < -0.3 is 14.4 Å². The van der Waals surface area contributed by atoms with Crippen LogP contribution in [0.5, 0.6) is 0 Å². The van der Waals surface area contributed by atoms with Crippen LogP contribution >= 0.6 is 0 Å². The molecule has 5 aromatic rings. The number of nitrogens with zero attached hydrogens (tertiary/aromatic N) is 5. The third kappa shape index (κ3) is 5.14. The molecule has 0 saturated carbocycles. The number of benzene rings is 3. The third-order valence-electron chi connectivity index (χ3n) is 6.74. The molecule has 1 aliphatic rings. The van der Waals surface area contributed by atoms with Crippen molar-refractivity contribution in [2.75, 3.05) is 4.90 Å². The SMILES string of the molecule is C=C1O[C@@H](n2cnc3c(N(Cc4ccccc4)Cc4ccccc4)ncnc32)C[C@@H]1OCc1ccccc1. The zero-order valence-electron chi connectivity index (χ0n) is 21.1. The van der Waals surface area contributed by atoms with Gasteiger partial charge in [-0.05, 0) is 16.7 Å². The third-order valence-corrected chi connectivity index (χ3v) is 6.74. The average Bonchev–Trinajstić information content (AvgIpc) is 3.56. The number of fused-ring (bicyclic) bond motifs is 1. The van der Waals surface area contributed by atoms with E-state index in [4.69, 9.17) is 14.5 Å². The Morgan fingerprint density at radius 2 is 1.42 bits per heavy atom. The van der Waals surface area contributed by atoms with Gasteiger partial charge in [0.1, 0.15) is 24.5 Å². The fourth-order valence-electron chi connectivity index (χ4n) is 4.81. The average molecular weight is 504 g/mol. The highest BCUT2D eigenvalue weighted by molar-refractivity contribution is 5.83. The van der Waals surface area contributed by atoms with Gasteiger partial charge in [-0.2, -0.15) is 0 Å². The van der Waals surface area contributed by atoms with Crippen LogP contribution in [0.4, 0.5) is 5.82 Å². The molecule has 3 heterocycles. The van der Waals surface area contributed by atoms with Crippen LogP contribution in [-0.2, 0) is 29.2 Å². The van der Waals surface area contributed by atoms with Crippen LogP contribution in [0, 0.1) is 0 Å². The number of hydrogen-bond acceptors (Lipinski definition) is 6. The Kier molecular flexibility index (Phi) is 6.83. The maximum Gasteiger partial charge on any atom is 0.181 e. The van der Waals surface area contributed by atoms with Gasteiger partial charge >= 0.3 is 0 Å². The normalized spacial score (nSPS) is 17.0. The first-order chi connectivity index (χ1) is 18.7. The molecule has 7 nitrogen and oxygen atoms in total. The van der Waals surface area contributed by atoms with E-state index in [1.54, 1.807) is 12.7 Å². The van der Waals surface area contributed by atoms with E-state index in [1.165, 1.54) is 11.1 Å². The fraction of sp³-hybridized carbons (Fsp3) is 0.194. The zero-order chi connectivity index (χ0) is 25.7. The Balaban J connectivity index is 1.26. The van der Waals surface area contributed by atoms with Crippen molar-refractivity contribution in [3.63, 3.8) is 0 Å². The van der Waals surface area contributed by atoms with Crippen LogP contribution in [0.1, 0.15) is 29.3 Å². The van der Waals surface area contributed by atoms with Crippen LogP contribution in [0.2, 0.25) is 0 Å². The van der Waals surface area contributed by atoms with Gasteiger partial charge in [0.25, 0.3) is 0 Å². The molecule has 38 heavy (non-hydrogen) atoms. The van der Waals surface area contributed by atoms with Gasteiger partial charge in [0.05, 0.1) is 6.61 Å². The molecule has 2 atom stereocenters. The number of hydrogen-bond donors (Lipinski definition) is 0. The molecular formula is C31H29N5O2. The van der Waals surface area contributed by atoms with Crippen molar-refractivity contribution in [2.24, 2.45) is 0 Å². The van der Waals surface area contributed by atoms with E-state index >= 15 is 0 Å². The highest BCUT2D eigenvalue weighted by atomic mass is 16.6. The first kappa shape index (κ1) is 23.9. The predicted molar refractivity (Wildman–Crippen MR) is 147 cm³/mol. The summed E-state index contributed by atoms with van der Waals surface area (Å²) in [4.78, 5) is 16.3. The Morgan fingerprint density at radius 3 is 2.05 bits per heavy atom. The minimum absolute atomic E-state index is 0.202. The number of rotatable bonds is 9. The van der Waals surface area contributed by atoms with Crippen LogP contribution in [-0.4, -0.2) is 25.6 Å².